The molecule has 0 bridgehead atoms. The number of anilines is 1. The number of benzene rings is 2. The molecule has 0 aliphatic carbocycles. The zero-order valence-electron chi connectivity index (χ0n) is 18.7. The van der Waals surface area contributed by atoms with Crippen molar-refractivity contribution in [2.45, 2.75) is 20.0 Å². The van der Waals surface area contributed by atoms with E-state index in [0.717, 1.165) is 19.6 Å². The number of aryl methyl sites for hydroxylation is 1. The van der Waals surface area contributed by atoms with Crippen molar-refractivity contribution < 1.29 is 9.18 Å². The van der Waals surface area contributed by atoms with Crippen LogP contribution in [-0.2, 0) is 13.1 Å². The van der Waals surface area contributed by atoms with Crippen LogP contribution in [0.4, 0.5) is 10.1 Å². The molecule has 0 atom stereocenters. The average molecular weight is 447 g/mol. The summed E-state index contributed by atoms with van der Waals surface area (Å²) < 4.78 is 17.0. The van der Waals surface area contributed by atoms with E-state index in [1.54, 1.807) is 10.6 Å². The molecular formula is C26H27FN4O2. The number of aromatic nitrogens is 1. The molecule has 2 aromatic carbocycles. The van der Waals surface area contributed by atoms with Crippen LogP contribution in [0.2, 0.25) is 0 Å². The minimum absolute atomic E-state index is 0.0198. The monoisotopic (exact) mass is 446 g/mol. The lowest BCUT2D eigenvalue weighted by Crippen LogP contribution is -2.46. The van der Waals surface area contributed by atoms with Crippen LogP contribution in [-0.4, -0.2) is 48.1 Å². The van der Waals surface area contributed by atoms with Crippen molar-refractivity contribution in [3.63, 3.8) is 0 Å². The number of piperazine rings is 1. The lowest BCUT2D eigenvalue weighted by atomic mass is 10.1. The third-order valence-electron chi connectivity index (χ3n) is 6.05. The maximum Gasteiger partial charge on any atom is 0.257 e. The summed E-state index contributed by atoms with van der Waals surface area (Å²) in [5, 5.41) is 2.70. The number of halogens is 1. The highest BCUT2D eigenvalue weighted by molar-refractivity contribution is 5.98. The molecule has 4 rings (SSSR count). The highest BCUT2D eigenvalue weighted by Gasteiger charge is 2.22. The smallest absolute Gasteiger partial charge is 0.257 e. The van der Waals surface area contributed by atoms with Gasteiger partial charge in [-0.2, -0.15) is 0 Å². The van der Waals surface area contributed by atoms with Gasteiger partial charge >= 0.3 is 0 Å². The Hall–Kier alpha value is -3.63. The number of pyridine rings is 1. The summed E-state index contributed by atoms with van der Waals surface area (Å²) in [7, 11) is 0. The van der Waals surface area contributed by atoms with Crippen LogP contribution in [0.25, 0.3) is 10.9 Å². The lowest BCUT2D eigenvalue weighted by Gasteiger charge is -2.36. The van der Waals surface area contributed by atoms with E-state index >= 15 is 4.39 Å². The van der Waals surface area contributed by atoms with E-state index in [9.17, 15) is 9.59 Å². The molecule has 33 heavy (non-hydrogen) atoms. The van der Waals surface area contributed by atoms with Crippen LogP contribution in [0.1, 0.15) is 22.8 Å². The third-order valence-corrected chi connectivity index (χ3v) is 6.05. The Morgan fingerprint density at radius 2 is 1.88 bits per heavy atom. The predicted octanol–water partition coefficient (Wildman–Crippen LogP) is 2.85. The normalized spacial score (nSPS) is 14.3. The van der Waals surface area contributed by atoms with Crippen LogP contribution in [0, 0.1) is 18.2 Å². The number of nitrogens with one attached hydrogen (secondary N) is 1. The molecule has 0 radical (unpaired) electrons. The Kier molecular flexibility index (Phi) is 6.76. The van der Waals surface area contributed by atoms with Gasteiger partial charge in [0.15, 0.2) is 0 Å². The minimum Gasteiger partial charge on any atom is -0.367 e. The number of hydrogen-bond acceptors (Lipinski definition) is 4. The van der Waals surface area contributed by atoms with E-state index < -0.39 is 17.2 Å². The van der Waals surface area contributed by atoms with Gasteiger partial charge in [-0.1, -0.05) is 36.3 Å². The Bertz CT molecular complexity index is 1260. The number of rotatable bonds is 6. The first kappa shape index (κ1) is 22.6. The van der Waals surface area contributed by atoms with Crippen molar-refractivity contribution in [1.29, 1.82) is 0 Å². The Morgan fingerprint density at radius 3 is 2.55 bits per heavy atom. The largest absolute Gasteiger partial charge is 0.367 e. The van der Waals surface area contributed by atoms with Crippen molar-refractivity contribution in [3.05, 3.63) is 75.8 Å². The molecule has 7 heteroatoms. The van der Waals surface area contributed by atoms with Crippen molar-refractivity contribution in [1.82, 2.24) is 14.8 Å². The third kappa shape index (κ3) is 4.76. The summed E-state index contributed by atoms with van der Waals surface area (Å²) in [4.78, 5) is 29.7. The van der Waals surface area contributed by atoms with Crippen LogP contribution in [0.15, 0.2) is 53.5 Å². The standard InChI is InChI=1S/C26H27FN4O2/c1-3-10-28-26(33)21-18-30(4-2)23-16-24(22(27)15-20(23)25(21)32)31-13-11-29(12-14-31)17-19-8-6-5-7-9-19/h1,5-9,15-16,18H,4,10-14,17H2,2H3,(H,28,33). The quantitative estimate of drug-likeness (QED) is 0.592. The molecule has 0 unspecified atom stereocenters. The van der Waals surface area contributed by atoms with Gasteiger partial charge in [0.1, 0.15) is 11.4 Å². The number of carbonyl (C=O) groups excluding carboxylic acids is 1. The number of carbonyl (C=O) groups is 1. The van der Waals surface area contributed by atoms with Gasteiger partial charge in [-0.25, -0.2) is 4.39 Å². The van der Waals surface area contributed by atoms with Crippen LogP contribution >= 0.6 is 0 Å². The summed E-state index contributed by atoms with van der Waals surface area (Å²) in [5.74, 6) is 1.30. The molecule has 1 fully saturated rings. The first-order valence-corrected chi connectivity index (χ1v) is 11.1. The zero-order chi connectivity index (χ0) is 23.4. The first-order valence-electron chi connectivity index (χ1n) is 11.1. The summed E-state index contributed by atoms with van der Waals surface area (Å²) >= 11 is 0. The molecule has 0 spiro atoms. The molecule has 1 aliphatic heterocycles. The average Bonchev–Trinajstić information content (AvgIpc) is 2.84. The predicted molar refractivity (Wildman–Crippen MR) is 129 cm³/mol. The second-order valence-electron chi connectivity index (χ2n) is 8.11. The molecular weight excluding hydrogens is 419 g/mol. The maximum absolute atomic E-state index is 15.2. The fourth-order valence-corrected chi connectivity index (χ4v) is 4.28. The van der Waals surface area contributed by atoms with Crippen molar-refractivity contribution >= 4 is 22.5 Å². The molecule has 1 N–H and O–H groups in total. The Balaban J connectivity index is 1.59. The van der Waals surface area contributed by atoms with Gasteiger partial charge in [-0.15, -0.1) is 6.42 Å². The van der Waals surface area contributed by atoms with E-state index in [0.29, 0.717) is 30.8 Å². The maximum atomic E-state index is 15.2. The summed E-state index contributed by atoms with van der Waals surface area (Å²) in [6.45, 7) is 6.36. The molecule has 1 saturated heterocycles. The topological polar surface area (TPSA) is 57.6 Å². The van der Waals surface area contributed by atoms with Crippen LogP contribution in [0.3, 0.4) is 0 Å². The number of hydrogen-bond donors (Lipinski definition) is 1. The van der Waals surface area contributed by atoms with Gasteiger partial charge in [0.05, 0.1) is 17.7 Å². The first-order chi connectivity index (χ1) is 16.0. The number of amides is 1. The van der Waals surface area contributed by atoms with Crippen molar-refractivity contribution in [2.75, 3.05) is 37.6 Å². The van der Waals surface area contributed by atoms with Gasteiger partial charge in [0.25, 0.3) is 5.91 Å². The Morgan fingerprint density at radius 1 is 1.15 bits per heavy atom. The second-order valence-corrected chi connectivity index (χ2v) is 8.11. The lowest BCUT2D eigenvalue weighted by molar-refractivity contribution is 0.0957. The number of terminal acetylenes is 1. The second kappa shape index (κ2) is 9.88. The van der Waals surface area contributed by atoms with Gasteiger partial charge < -0.3 is 14.8 Å². The van der Waals surface area contributed by atoms with Crippen molar-refractivity contribution in [3.8, 4) is 12.3 Å². The van der Waals surface area contributed by atoms with Gasteiger partial charge in [-0.05, 0) is 24.6 Å². The number of fused-ring (bicyclic) bond motifs is 1. The molecule has 6 nitrogen and oxygen atoms in total. The van der Waals surface area contributed by atoms with E-state index in [4.69, 9.17) is 6.42 Å². The molecule has 1 amide bonds. The van der Waals surface area contributed by atoms with Gasteiger partial charge in [0, 0.05) is 50.9 Å². The van der Waals surface area contributed by atoms with E-state index in [2.05, 4.69) is 28.3 Å². The van der Waals surface area contributed by atoms with E-state index in [-0.39, 0.29) is 17.5 Å². The van der Waals surface area contributed by atoms with Crippen LogP contribution in [0.5, 0.6) is 0 Å². The highest BCUT2D eigenvalue weighted by Crippen LogP contribution is 2.26. The summed E-state index contributed by atoms with van der Waals surface area (Å²) in [6, 6.07) is 13.3. The summed E-state index contributed by atoms with van der Waals surface area (Å²) in [5.41, 5.74) is 1.81. The highest BCUT2D eigenvalue weighted by atomic mass is 19.1. The fraction of sp³-hybridized carbons (Fsp3) is 0.308. The molecule has 1 aliphatic rings. The number of nitrogens with zero attached hydrogens (tertiary/aromatic N) is 3. The minimum atomic E-state index is -0.555. The van der Waals surface area contributed by atoms with Crippen molar-refractivity contribution in [2.24, 2.45) is 0 Å². The molecule has 0 saturated carbocycles. The van der Waals surface area contributed by atoms with E-state index in [1.165, 1.54) is 17.8 Å². The Labute approximate surface area is 192 Å². The SMILES string of the molecule is C#CCNC(=O)c1cn(CC)c2cc(N3CCN(Cc4ccccc4)CC3)c(F)cc2c1=O. The van der Waals surface area contributed by atoms with E-state index in [1.807, 2.05) is 30.0 Å². The summed E-state index contributed by atoms with van der Waals surface area (Å²) in [6.07, 6.45) is 6.71. The van der Waals surface area contributed by atoms with Gasteiger partial charge in [-0.3, -0.25) is 14.5 Å². The molecule has 3 aromatic rings. The molecule has 2 heterocycles. The molecule has 1 aromatic heterocycles. The van der Waals surface area contributed by atoms with Crippen LogP contribution < -0.4 is 15.6 Å². The van der Waals surface area contributed by atoms with Gasteiger partial charge in [0.2, 0.25) is 5.43 Å². The fourth-order valence-electron chi connectivity index (χ4n) is 4.28. The zero-order valence-corrected chi connectivity index (χ0v) is 18.7. The molecule has 170 valence electrons.